The molecule has 0 spiro atoms. The minimum absolute atomic E-state index is 0.0561. The van der Waals surface area contributed by atoms with Gasteiger partial charge in [0.2, 0.25) is 0 Å². The predicted molar refractivity (Wildman–Crippen MR) is 123 cm³/mol. The summed E-state index contributed by atoms with van der Waals surface area (Å²) in [6, 6.07) is 14.6. The number of nitrogens with zero attached hydrogens (tertiary/aromatic N) is 1. The first-order chi connectivity index (χ1) is 15.9. The molecule has 1 aliphatic heterocycles. The SMILES string of the molecule is O=C(NC1CC2(c3cc(-c4ccc(Cl)cc4)on3)CC1C2)[C@H]1C[C@@H](O)c2cc(Cl)ccc2O1. The van der Waals surface area contributed by atoms with Gasteiger partial charge in [-0.25, -0.2) is 0 Å². The third kappa shape index (κ3) is 3.61. The molecule has 3 aromatic rings. The molecule has 2 N–H and O–H groups in total. The van der Waals surface area contributed by atoms with Crippen LogP contribution in [0.25, 0.3) is 11.3 Å². The number of benzene rings is 2. The summed E-state index contributed by atoms with van der Waals surface area (Å²) >= 11 is 12.0. The van der Waals surface area contributed by atoms with Crippen molar-refractivity contribution in [2.24, 2.45) is 5.92 Å². The monoisotopic (exact) mass is 484 g/mol. The van der Waals surface area contributed by atoms with Crippen molar-refractivity contribution in [2.75, 3.05) is 0 Å². The summed E-state index contributed by atoms with van der Waals surface area (Å²) in [7, 11) is 0. The van der Waals surface area contributed by atoms with Gasteiger partial charge < -0.3 is 19.7 Å². The molecule has 8 heteroatoms. The number of hydrogen-bond donors (Lipinski definition) is 2. The first-order valence-electron chi connectivity index (χ1n) is 11.1. The number of rotatable bonds is 4. The van der Waals surface area contributed by atoms with Crippen LogP contribution in [0.15, 0.2) is 53.1 Å². The molecule has 170 valence electrons. The van der Waals surface area contributed by atoms with Crippen molar-refractivity contribution < 1.29 is 19.2 Å². The number of carbonyl (C=O) groups excluding carboxylic acids is 1. The highest BCUT2D eigenvalue weighted by atomic mass is 35.5. The highest BCUT2D eigenvalue weighted by Crippen LogP contribution is 2.59. The Morgan fingerprint density at radius 2 is 1.82 bits per heavy atom. The number of aromatic nitrogens is 1. The molecule has 0 radical (unpaired) electrons. The van der Waals surface area contributed by atoms with Crippen LogP contribution in [0.1, 0.15) is 43.0 Å². The molecule has 2 aromatic carbocycles. The van der Waals surface area contributed by atoms with E-state index in [4.69, 9.17) is 32.5 Å². The molecule has 6 nitrogen and oxygen atoms in total. The second-order valence-electron chi connectivity index (χ2n) is 9.39. The van der Waals surface area contributed by atoms with E-state index in [1.807, 2.05) is 30.3 Å². The molecule has 1 aromatic heterocycles. The summed E-state index contributed by atoms with van der Waals surface area (Å²) in [5.41, 5.74) is 2.43. The molecule has 7 rings (SSSR count). The molecule has 2 bridgehead atoms. The van der Waals surface area contributed by atoms with Gasteiger partial charge in [0.1, 0.15) is 5.75 Å². The molecule has 3 atom stereocenters. The fraction of sp³-hybridized carbons (Fsp3) is 0.360. The van der Waals surface area contributed by atoms with Crippen molar-refractivity contribution in [3.63, 3.8) is 0 Å². The molecule has 4 aliphatic rings. The fourth-order valence-electron chi connectivity index (χ4n) is 5.60. The van der Waals surface area contributed by atoms with Crippen molar-refractivity contribution in [2.45, 2.75) is 49.3 Å². The van der Waals surface area contributed by atoms with Crippen LogP contribution in [-0.2, 0) is 10.2 Å². The van der Waals surface area contributed by atoms with Crippen LogP contribution in [0.3, 0.4) is 0 Å². The van der Waals surface area contributed by atoms with Gasteiger partial charge in [-0.3, -0.25) is 4.79 Å². The lowest BCUT2D eigenvalue weighted by Gasteiger charge is -2.36. The van der Waals surface area contributed by atoms with Gasteiger partial charge in [0.15, 0.2) is 11.9 Å². The fourth-order valence-corrected chi connectivity index (χ4v) is 5.90. The maximum absolute atomic E-state index is 13.0. The van der Waals surface area contributed by atoms with Crippen LogP contribution in [0, 0.1) is 5.92 Å². The average molecular weight is 485 g/mol. The Morgan fingerprint density at radius 1 is 1.06 bits per heavy atom. The second kappa shape index (κ2) is 7.76. The molecular weight excluding hydrogens is 463 g/mol. The molecule has 3 aliphatic carbocycles. The minimum atomic E-state index is -0.784. The topological polar surface area (TPSA) is 84.6 Å². The largest absolute Gasteiger partial charge is 0.480 e. The standard InChI is InChI=1S/C25H22Cl2N2O4/c26-15-3-1-13(2-4-15)21-9-23(29-33-21)25-10-14(11-25)18(12-25)28-24(31)22-8-19(30)17-7-16(27)5-6-20(17)32-22/h1-7,9,14,18-19,22,30H,8,10-12H2,(H,28,31)/t14?,18?,19-,22-,25?/m1/s1. The molecule has 3 saturated carbocycles. The molecule has 1 unspecified atom stereocenters. The first-order valence-corrected chi connectivity index (χ1v) is 11.8. The molecule has 3 fully saturated rings. The summed E-state index contributed by atoms with van der Waals surface area (Å²) in [5, 5.41) is 19.2. The second-order valence-corrected chi connectivity index (χ2v) is 10.3. The van der Waals surface area contributed by atoms with Crippen molar-refractivity contribution in [1.82, 2.24) is 10.5 Å². The van der Waals surface area contributed by atoms with Crippen LogP contribution in [-0.4, -0.2) is 28.3 Å². The summed E-state index contributed by atoms with van der Waals surface area (Å²) < 4.78 is 11.5. The zero-order valence-corrected chi connectivity index (χ0v) is 19.1. The summed E-state index contributed by atoms with van der Waals surface area (Å²) in [4.78, 5) is 13.0. The average Bonchev–Trinajstić information content (AvgIpc) is 3.48. The Balaban J connectivity index is 1.13. The number of aliphatic hydroxyl groups excluding tert-OH is 1. The molecule has 33 heavy (non-hydrogen) atoms. The van der Waals surface area contributed by atoms with E-state index in [1.165, 1.54) is 0 Å². The van der Waals surface area contributed by atoms with E-state index < -0.39 is 12.2 Å². The van der Waals surface area contributed by atoms with Crippen molar-refractivity contribution in [3.8, 4) is 17.1 Å². The van der Waals surface area contributed by atoms with Crippen LogP contribution in [0.4, 0.5) is 0 Å². The maximum Gasteiger partial charge on any atom is 0.261 e. The zero-order valence-electron chi connectivity index (χ0n) is 17.6. The number of halogens is 2. The van der Waals surface area contributed by atoms with Gasteiger partial charge >= 0.3 is 0 Å². The smallest absolute Gasteiger partial charge is 0.261 e. The highest BCUT2D eigenvalue weighted by Gasteiger charge is 2.59. The number of nitrogens with one attached hydrogen (secondary N) is 1. The van der Waals surface area contributed by atoms with E-state index in [0.29, 0.717) is 27.3 Å². The maximum atomic E-state index is 13.0. The Morgan fingerprint density at radius 3 is 2.61 bits per heavy atom. The van der Waals surface area contributed by atoms with E-state index in [1.54, 1.807) is 18.2 Å². The van der Waals surface area contributed by atoms with E-state index >= 15 is 0 Å². The van der Waals surface area contributed by atoms with E-state index in [0.717, 1.165) is 36.3 Å². The molecule has 0 saturated heterocycles. The van der Waals surface area contributed by atoms with Crippen LogP contribution in [0.5, 0.6) is 5.75 Å². The number of fused-ring (bicyclic) bond motifs is 2. The first kappa shape index (κ1) is 21.0. The van der Waals surface area contributed by atoms with E-state index in [-0.39, 0.29) is 23.8 Å². The molecule has 1 amide bonds. The molecule has 2 heterocycles. The minimum Gasteiger partial charge on any atom is -0.480 e. The Kier molecular flexibility index (Phi) is 4.94. The quantitative estimate of drug-likeness (QED) is 0.539. The Bertz CT molecular complexity index is 1220. The van der Waals surface area contributed by atoms with Gasteiger partial charge in [-0.05, 0) is 67.6 Å². The van der Waals surface area contributed by atoms with Gasteiger partial charge in [-0.2, -0.15) is 0 Å². The number of aliphatic hydroxyl groups is 1. The number of amides is 1. The number of hydrogen-bond acceptors (Lipinski definition) is 5. The van der Waals surface area contributed by atoms with Crippen LogP contribution >= 0.6 is 23.2 Å². The lowest BCUT2D eigenvalue weighted by atomic mass is 9.67. The van der Waals surface area contributed by atoms with Gasteiger partial charge in [-0.15, -0.1) is 0 Å². The lowest BCUT2D eigenvalue weighted by molar-refractivity contribution is -0.131. The number of carbonyl (C=O) groups is 1. The van der Waals surface area contributed by atoms with Gasteiger partial charge in [0.25, 0.3) is 5.91 Å². The Labute approximate surface area is 200 Å². The van der Waals surface area contributed by atoms with Gasteiger partial charge in [-0.1, -0.05) is 28.4 Å². The van der Waals surface area contributed by atoms with Crippen molar-refractivity contribution in [3.05, 3.63) is 69.8 Å². The Hall–Kier alpha value is -2.54. The van der Waals surface area contributed by atoms with Crippen LogP contribution in [0.2, 0.25) is 10.0 Å². The van der Waals surface area contributed by atoms with E-state index in [2.05, 4.69) is 10.5 Å². The van der Waals surface area contributed by atoms with Crippen molar-refractivity contribution in [1.29, 1.82) is 0 Å². The summed E-state index contributed by atoms with van der Waals surface area (Å²) in [6.45, 7) is 0. The van der Waals surface area contributed by atoms with Gasteiger partial charge in [0.05, 0.1) is 11.8 Å². The predicted octanol–water partition coefficient (Wildman–Crippen LogP) is 5.07. The van der Waals surface area contributed by atoms with Gasteiger partial charge in [0, 0.05) is 45.1 Å². The third-order valence-electron chi connectivity index (χ3n) is 7.33. The molecular formula is C25H22Cl2N2O4. The normalized spacial score (nSPS) is 29.7. The van der Waals surface area contributed by atoms with Crippen LogP contribution < -0.4 is 10.1 Å². The lowest BCUT2D eigenvalue weighted by Crippen LogP contribution is -2.46. The zero-order chi connectivity index (χ0) is 22.7. The summed E-state index contributed by atoms with van der Waals surface area (Å²) in [5.74, 6) is 1.44. The number of ether oxygens (including phenoxy) is 1. The summed E-state index contributed by atoms with van der Waals surface area (Å²) in [6.07, 6.45) is 1.45. The third-order valence-corrected chi connectivity index (χ3v) is 7.81. The highest BCUT2D eigenvalue weighted by molar-refractivity contribution is 6.31. The van der Waals surface area contributed by atoms with E-state index in [9.17, 15) is 9.90 Å². The van der Waals surface area contributed by atoms with Crippen molar-refractivity contribution >= 4 is 29.1 Å².